The van der Waals surface area contributed by atoms with E-state index in [1.54, 1.807) is 28.4 Å². The Morgan fingerprint density at radius 3 is 2.66 bits per heavy atom. The Morgan fingerprint density at radius 2 is 1.86 bits per heavy atom. The Bertz CT molecular complexity index is 1090. The van der Waals surface area contributed by atoms with Crippen LogP contribution in [0.15, 0.2) is 51.0 Å². The van der Waals surface area contributed by atoms with Crippen LogP contribution < -0.4 is 5.43 Å². The summed E-state index contributed by atoms with van der Waals surface area (Å²) in [4.78, 5) is 31.7. The van der Waals surface area contributed by atoms with Crippen LogP contribution in [-0.2, 0) is 4.74 Å². The van der Waals surface area contributed by atoms with E-state index in [0.29, 0.717) is 23.1 Å². The lowest BCUT2D eigenvalue weighted by molar-refractivity contribution is 0.0354. The van der Waals surface area contributed by atoms with Crippen LogP contribution in [0.1, 0.15) is 33.5 Å². The van der Waals surface area contributed by atoms with Gasteiger partial charge in [0.1, 0.15) is 5.58 Å². The zero-order valence-electron chi connectivity index (χ0n) is 16.0. The molecule has 0 unspecified atom stereocenters. The number of amides is 1. The number of morpholine rings is 1. The first kappa shape index (κ1) is 18.5. The van der Waals surface area contributed by atoms with Crippen LogP contribution in [0, 0.1) is 0 Å². The van der Waals surface area contributed by atoms with Gasteiger partial charge >= 0.3 is 0 Å². The molecular formula is C22H22N2O4S. The smallest absolute Gasteiger partial charge is 0.290 e. The predicted molar refractivity (Wildman–Crippen MR) is 112 cm³/mol. The molecule has 2 aliphatic rings. The second kappa shape index (κ2) is 7.74. The summed E-state index contributed by atoms with van der Waals surface area (Å²) in [6.45, 7) is 4.86. The number of rotatable bonds is 5. The van der Waals surface area contributed by atoms with Gasteiger partial charge in [0, 0.05) is 31.1 Å². The molecule has 1 amide bonds. The summed E-state index contributed by atoms with van der Waals surface area (Å²) in [5, 5.41) is 2.50. The van der Waals surface area contributed by atoms with Crippen molar-refractivity contribution in [3.8, 4) is 0 Å². The average molecular weight is 410 g/mol. The number of carbonyl (C=O) groups is 1. The van der Waals surface area contributed by atoms with Crippen LogP contribution >= 0.6 is 11.3 Å². The summed E-state index contributed by atoms with van der Waals surface area (Å²) in [5.74, 6) is 0.00158. The molecule has 2 aromatic heterocycles. The SMILES string of the molecule is O=C1c2oc3ccccc3c(=O)c2[C@H](c2cccs2)N1CCCN1CCOCC1. The molecule has 0 spiro atoms. The molecule has 1 atom stereocenters. The van der Waals surface area contributed by atoms with E-state index in [-0.39, 0.29) is 23.1 Å². The van der Waals surface area contributed by atoms with Gasteiger partial charge in [0.15, 0.2) is 5.43 Å². The van der Waals surface area contributed by atoms with Gasteiger partial charge in [0.2, 0.25) is 5.76 Å². The molecule has 4 heterocycles. The number of carbonyl (C=O) groups excluding carboxylic acids is 1. The lowest BCUT2D eigenvalue weighted by atomic mass is 10.0. The second-order valence-electron chi connectivity index (χ2n) is 7.39. The van der Waals surface area contributed by atoms with Crippen molar-refractivity contribution in [2.75, 3.05) is 39.4 Å². The topological polar surface area (TPSA) is 63.0 Å². The molecule has 3 aromatic rings. The zero-order chi connectivity index (χ0) is 19.8. The van der Waals surface area contributed by atoms with Gasteiger partial charge in [0.05, 0.1) is 30.2 Å². The van der Waals surface area contributed by atoms with Crippen molar-refractivity contribution in [3.63, 3.8) is 0 Å². The van der Waals surface area contributed by atoms with Crippen molar-refractivity contribution in [2.45, 2.75) is 12.5 Å². The maximum atomic E-state index is 13.3. The molecule has 5 rings (SSSR count). The third kappa shape index (κ3) is 3.29. The lowest BCUT2D eigenvalue weighted by Crippen LogP contribution is -2.38. The van der Waals surface area contributed by atoms with Gasteiger partial charge in [-0.2, -0.15) is 0 Å². The van der Waals surface area contributed by atoms with Gasteiger partial charge in [-0.1, -0.05) is 18.2 Å². The maximum Gasteiger partial charge on any atom is 0.290 e. The van der Waals surface area contributed by atoms with Crippen molar-refractivity contribution < 1.29 is 13.9 Å². The Hall–Kier alpha value is -2.48. The van der Waals surface area contributed by atoms with E-state index in [9.17, 15) is 9.59 Å². The van der Waals surface area contributed by atoms with Crippen LogP contribution in [0.3, 0.4) is 0 Å². The predicted octanol–water partition coefficient (Wildman–Crippen LogP) is 3.12. The Kier molecular flexibility index (Phi) is 4.95. The average Bonchev–Trinajstić information content (AvgIpc) is 3.37. The molecule has 0 aliphatic carbocycles. The number of nitrogens with zero attached hydrogens (tertiary/aromatic N) is 2. The molecule has 6 nitrogen and oxygen atoms in total. The van der Waals surface area contributed by atoms with Crippen LogP contribution in [0.4, 0.5) is 0 Å². The standard InChI is InChI=1S/C22H22N2O4S/c25-20-15-5-1-2-6-16(15)28-21-18(20)19(17-7-3-14-29-17)24(22(21)26)9-4-8-23-10-12-27-13-11-23/h1-3,5-7,14,19H,4,8-13H2/t19-/m0/s1. The number of benzene rings is 1. The monoisotopic (exact) mass is 410 g/mol. The highest BCUT2D eigenvalue weighted by Gasteiger charge is 2.42. The molecule has 2 aliphatic heterocycles. The van der Waals surface area contributed by atoms with Crippen molar-refractivity contribution in [1.82, 2.24) is 9.80 Å². The quantitative estimate of drug-likeness (QED) is 0.647. The molecule has 0 saturated carbocycles. The maximum absolute atomic E-state index is 13.3. The number of fused-ring (bicyclic) bond motifs is 2. The minimum atomic E-state index is -0.372. The Labute approximate surface area is 172 Å². The summed E-state index contributed by atoms with van der Waals surface area (Å²) >= 11 is 1.56. The Morgan fingerprint density at radius 1 is 1.03 bits per heavy atom. The van der Waals surface area contributed by atoms with Crippen molar-refractivity contribution in [3.05, 3.63) is 68.2 Å². The van der Waals surface area contributed by atoms with E-state index < -0.39 is 0 Å². The molecule has 29 heavy (non-hydrogen) atoms. The van der Waals surface area contributed by atoms with Gasteiger partial charge < -0.3 is 14.1 Å². The van der Waals surface area contributed by atoms with Crippen LogP contribution in [0.2, 0.25) is 0 Å². The van der Waals surface area contributed by atoms with Crippen LogP contribution in [0.5, 0.6) is 0 Å². The fraction of sp³-hybridized carbons (Fsp3) is 0.364. The third-order valence-electron chi connectivity index (χ3n) is 5.66. The minimum absolute atomic E-state index is 0.107. The highest BCUT2D eigenvalue weighted by molar-refractivity contribution is 7.10. The summed E-state index contributed by atoms with van der Waals surface area (Å²) in [6, 6.07) is 10.7. The highest BCUT2D eigenvalue weighted by Crippen LogP contribution is 2.39. The van der Waals surface area contributed by atoms with E-state index >= 15 is 0 Å². The summed E-state index contributed by atoms with van der Waals surface area (Å²) in [6.07, 6.45) is 0.843. The van der Waals surface area contributed by atoms with Gasteiger partial charge in [0.25, 0.3) is 5.91 Å². The van der Waals surface area contributed by atoms with E-state index in [0.717, 1.165) is 44.1 Å². The molecule has 0 N–H and O–H groups in total. The molecular weight excluding hydrogens is 388 g/mol. The van der Waals surface area contributed by atoms with Crippen LogP contribution in [0.25, 0.3) is 11.0 Å². The fourth-order valence-corrected chi connectivity index (χ4v) is 5.08. The van der Waals surface area contributed by atoms with E-state index in [2.05, 4.69) is 4.90 Å². The fourth-order valence-electron chi connectivity index (χ4n) is 4.23. The number of ether oxygens (including phenoxy) is 1. The summed E-state index contributed by atoms with van der Waals surface area (Å²) in [7, 11) is 0. The summed E-state index contributed by atoms with van der Waals surface area (Å²) < 4.78 is 11.3. The van der Waals surface area contributed by atoms with Crippen LogP contribution in [-0.4, -0.2) is 55.1 Å². The van der Waals surface area contributed by atoms with E-state index in [1.807, 2.05) is 29.6 Å². The minimum Gasteiger partial charge on any atom is -0.450 e. The van der Waals surface area contributed by atoms with Crippen molar-refractivity contribution >= 4 is 28.2 Å². The van der Waals surface area contributed by atoms with E-state index in [1.165, 1.54) is 0 Å². The lowest BCUT2D eigenvalue weighted by Gasteiger charge is -2.28. The number of hydrogen-bond donors (Lipinski definition) is 0. The van der Waals surface area contributed by atoms with E-state index in [4.69, 9.17) is 9.15 Å². The van der Waals surface area contributed by atoms with Gasteiger partial charge in [-0.25, -0.2) is 0 Å². The van der Waals surface area contributed by atoms with Crippen molar-refractivity contribution in [2.24, 2.45) is 0 Å². The highest BCUT2D eigenvalue weighted by atomic mass is 32.1. The zero-order valence-corrected chi connectivity index (χ0v) is 16.8. The second-order valence-corrected chi connectivity index (χ2v) is 8.37. The molecule has 7 heteroatoms. The third-order valence-corrected chi connectivity index (χ3v) is 6.59. The molecule has 1 aromatic carbocycles. The van der Waals surface area contributed by atoms with Gasteiger partial charge in [-0.15, -0.1) is 11.3 Å². The number of thiophene rings is 1. The molecule has 0 radical (unpaired) electrons. The Balaban J connectivity index is 1.49. The summed E-state index contributed by atoms with van der Waals surface area (Å²) in [5.41, 5.74) is 0.830. The molecule has 1 fully saturated rings. The number of para-hydroxylation sites is 1. The molecule has 1 saturated heterocycles. The molecule has 0 bridgehead atoms. The van der Waals surface area contributed by atoms with Gasteiger partial charge in [-0.3, -0.25) is 14.5 Å². The first-order valence-electron chi connectivity index (χ1n) is 9.94. The normalized spacial score (nSPS) is 19.8. The first-order valence-corrected chi connectivity index (χ1v) is 10.8. The van der Waals surface area contributed by atoms with Crippen molar-refractivity contribution in [1.29, 1.82) is 0 Å². The number of hydrogen-bond acceptors (Lipinski definition) is 6. The van der Waals surface area contributed by atoms with Gasteiger partial charge in [-0.05, 0) is 30.0 Å². The largest absolute Gasteiger partial charge is 0.450 e. The first-order chi connectivity index (χ1) is 14.2. The molecule has 150 valence electrons.